The fourth-order valence-corrected chi connectivity index (χ4v) is 3.12. The van der Waals surface area contributed by atoms with E-state index in [0.29, 0.717) is 19.4 Å². The lowest BCUT2D eigenvalue weighted by Crippen LogP contribution is -2.53. The summed E-state index contributed by atoms with van der Waals surface area (Å²) in [5, 5.41) is 9.49. The number of rotatable bonds is 4. The van der Waals surface area contributed by atoms with Gasteiger partial charge in [0.15, 0.2) is 0 Å². The quantitative estimate of drug-likeness (QED) is 0.917. The first-order chi connectivity index (χ1) is 9.49. The van der Waals surface area contributed by atoms with Gasteiger partial charge in [0.2, 0.25) is 5.91 Å². The number of aliphatic carboxylic acids is 1. The maximum absolute atomic E-state index is 12.4. The molecule has 1 N–H and O–H groups in total. The van der Waals surface area contributed by atoms with Crippen molar-refractivity contribution in [3.05, 3.63) is 34.3 Å². The minimum Gasteiger partial charge on any atom is -0.479 e. The lowest BCUT2D eigenvalue weighted by Gasteiger charge is -2.34. The van der Waals surface area contributed by atoms with Crippen molar-refractivity contribution in [1.82, 2.24) is 4.90 Å². The van der Waals surface area contributed by atoms with E-state index in [-0.39, 0.29) is 12.3 Å². The van der Waals surface area contributed by atoms with Crippen molar-refractivity contribution in [3.8, 4) is 0 Å². The predicted octanol–water partition coefficient (Wildman–Crippen LogP) is 2.85. The van der Waals surface area contributed by atoms with Gasteiger partial charge in [-0.1, -0.05) is 35.0 Å². The summed E-state index contributed by atoms with van der Waals surface area (Å²) in [6.45, 7) is 2.37. The zero-order valence-corrected chi connectivity index (χ0v) is 13.0. The monoisotopic (exact) mass is 339 g/mol. The third-order valence-corrected chi connectivity index (χ3v) is 4.57. The maximum atomic E-state index is 12.4. The van der Waals surface area contributed by atoms with Gasteiger partial charge in [-0.15, -0.1) is 0 Å². The largest absolute Gasteiger partial charge is 0.479 e. The molecule has 1 amide bonds. The number of carbonyl (C=O) groups is 2. The Bertz CT molecular complexity index is 514. The molecule has 1 saturated heterocycles. The highest BCUT2D eigenvalue weighted by atomic mass is 79.9. The smallest absolute Gasteiger partial charge is 0.329 e. The van der Waals surface area contributed by atoms with Crippen molar-refractivity contribution in [2.24, 2.45) is 0 Å². The molecule has 1 aromatic carbocycles. The Morgan fingerprint density at radius 2 is 2.00 bits per heavy atom. The van der Waals surface area contributed by atoms with Gasteiger partial charge in [-0.25, -0.2) is 4.79 Å². The molecule has 4 nitrogen and oxygen atoms in total. The zero-order valence-electron chi connectivity index (χ0n) is 11.4. The van der Waals surface area contributed by atoms with Gasteiger partial charge < -0.3 is 10.0 Å². The van der Waals surface area contributed by atoms with Crippen LogP contribution in [0.5, 0.6) is 0 Å². The molecule has 5 heteroatoms. The number of halogens is 1. The highest BCUT2D eigenvalue weighted by molar-refractivity contribution is 9.10. The van der Waals surface area contributed by atoms with Crippen LogP contribution in [0.25, 0.3) is 0 Å². The molecule has 0 saturated carbocycles. The third kappa shape index (κ3) is 2.73. The molecule has 0 spiro atoms. The molecule has 0 aromatic heterocycles. The number of carbonyl (C=O) groups excluding carboxylic acids is 1. The first kappa shape index (κ1) is 15.0. The number of hydrogen-bond acceptors (Lipinski definition) is 2. The molecule has 1 heterocycles. The zero-order chi connectivity index (χ0) is 14.8. The number of amides is 1. The molecular formula is C15H18BrNO3. The van der Waals surface area contributed by atoms with E-state index in [1.807, 2.05) is 31.2 Å². The summed E-state index contributed by atoms with van der Waals surface area (Å²) in [5.41, 5.74) is -0.104. The highest BCUT2D eigenvalue weighted by Crippen LogP contribution is 2.33. The Labute approximate surface area is 126 Å². The van der Waals surface area contributed by atoms with Crippen LogP contribution in [0.15, 0.2) is 28.7 Å². The minimum absolute atomic E-state index is 0.103. The van der Waals surface area contributed by atoms with Crippen molar-refractivity contribution in [2.75, 3.05) is 6.54 Å². The molecule has 1 atom stereocenters. The van der Waals surface area contributed by atoms with Crippen LogP contribution in [-0.4, -0.2) is 34.0 Å². The number of benzene rings is 1. The minimum atomic E-state index is -1.01. The van der Waals surface area contributed by atoms with E-state index in [4.69, 9.17) is 0 Å². The number of nitrogens with zero attached hydrogens (tertiary/aromatic N) is 1. The fraction of sp³-hybridized carbons (Fsp3) is 0.467. The van der Waals surface area contributed by atoms with Crippen LogP contribution in [0.1, 0.15) is 31.7 Å². The lowest BCUT2D eigenvalue weighted by atomic mass is 9.92. The van der Waals surface area contributed by atoms with Gasteiger partial charge in [0.25, 0.3) is 0 Å². The highest BCUT2D eigenvalue weighted by Gasteiger charge is 2.48. The predicted molar refractivity (Wildman–Crippen MR) is 79.5 cm³/mol. The van der Waals surface area contributed by atoms with Gasteiger partial charge in [-0.2, -0.15) is 0 Å². The van der Waals surface area contributed by atoms with Crippen molar-refractivity contribution in [1.29, 1.82) is 0 Å². The van der Waals surface area contributed by atoms with Crippen LogP contribution in [0.3, 0.4) is 0 Å². The normalized spacial score (nSPS) is 22.0. The average Bonchev–Trinajstić information content (AvgIpc) is 2.86. The van der Waals surface area contributed by atoms with Crippen molar-refractivity contribution < 1.29 is 14.7 Å². The van der Waals surface area contributed by atoms with E-state index in [1.54, 1.807) is 4.90 Å². The topological polar surface area (TPSA) is 57.6 Å². The van der Waals surface area contributed by atoms with Gasteiger partial charge in [-0.3, -0.25) is 4.79 Å². The average molecular weight is 340 g/mol. The molecule has 1 aromatic rings. The van der Waals surface area contributed by atoms with Gasteiger partial charge in [0.1, 0.15) is 5.54 Å². The van der Waals surface area contributed by atoms with E-state index in [9.17, 15) is 14.7 Å². The Morgan fingerprint density at radius 1 is 1.35 bits per heavy atom. The Balaban J connectivity index is 2.15. The summed E-state index contributed by atoms with van der Waals surface area (Å²) in [7, 11) is 0. The van der Waals surface area contributed by atoms with Gasteiger partial charge in [0, 0.05) is 11.0 Å². The van der Waals surface area contributed by atoms with Crippen LogP contribution in [0.4, 0.5) is 0 Å². The third-order valence-electron chi connectivity index (χ3n) is 4.04. The molecule has 1 aliphatic rings. The molecule has 20 heavy (non-hydrogen) atoms. The molecule has 0 aliphatic carbocycles. The van der Waals surface area contributed by atoms with Crippen LogP contribution in [0.2, 0.25) is 0 Å². The molecule has 1 unspecified atom stereocenters. The van der Waals surface area contributed by atoms with Crippen molar-refractivity contribution >= 4 is 27.8 Å². The first-order valence-corrected chi connectivity index (χ1v) is 7.57. The van der Waals surface area contributed by atoms with Gasteiger partial charge in [-0.05, 0) is 37.0 Å². The van der Waals surface area contributed by atoms with E-state index < -0.39 is 11.5 Å². The summed E-state index contributed by atoms with van der Waals surface area (Å²) in [6.07, 6.45) is 2.01. The van der Waals surface area contributed by atoms with Crippen molar-refractivity contribution in [2.45, 2.75) is 38.1 Å². The lowest BCUT2D eigenvalue weighted by molar-refractivity contribution is -0.156. The second kappa shape index (κ2) is 5.95. The number of carboxylic acids is 1. The number of carboxylic acid groups (broad SMARTS) is 1. The second-order valence-corrected chi connectivity index (χ2v) is 6.06. The molecule has 0 bridgehead atoms. The van der Waals surface area contributed by atoms with Crippen molar-refractivity contribution in [3.63, 3.8) is 0 Å². The standard InChI is InChI=1S/C15H18BrNO3/c1-2-15(14(19)20)8-3-9-17(15)13(18)10-11-4-6-12(16)7-5-11/h4-7H,2-3,8-10H2,1H3,(H,19,20). The molecule has 0 radical (unpaired) electrons. The van der Waals surface area contributed by atoms with Crippen LogP contribution in [0, 0.1) is 0 Å². The SMILES string of the molecule is CCC1(C(=O)O)CCCN1C(=O)Cc1ccc(Br)cc1. The van der Waals surface area contributed by atoms with E-state index in [0.717, 1.165) is 16.5 Å². The number of hydrogen-bond donors (Lipinski definition) is 1. The summed E-state index contributed by atoms with van der Waals surface area (Å²) >= 11 is 3.35. The molecule has 2 rings (SSSR count). The second-order valence-electron chi connectivity index (χ2n) is 5.14. The Hall–Kier alpha value is -1.36. The van der Waals surface area contributed by atoms with Gasteiger partial charge >= 0.3 is 5.97 Å². The van der Waals surface area contributed by atoms with Crippen LogP contribution in [-0.2, 0) is 16.0 Å². The fourth-order valence-electron chi connectivity index (χ4n) is 2.86. The molecular weight excluding hydrogens is 322 g/mol. The first-order valence-electron chi connectivity index (χ1n) is 6.78. The van der Waals surface area contributed by atoms with E-state index in [1.165, 1.54) is 0 Å². The Morgan fingerprint density at radius 3 is 2.55 bits per heavy atom. The maximum Gasteiger partial charge on any atom is 0.329 e. The van der Waals surface area contributed by atoms with Crippen LogP contribution < -0.4 is 0 Å². The van der Waals surface area contributed by atoms with E-state index >= 15 is 0 Å². The molecule has 108 valence electrons. The Kier molecular flexibility index (Phi) is 4.48. The number of likely N-dealkylation sites (tertiary alicyclic amines) is 1. The summed E-state index contributed by atoms with van der Waals surface area (Å²) in [6, 6.07) is 7.53. The summed E-state index contributed by atoms with van der Waals surface area (Å²) in [5.74, 6) is -0.990. The van der Waals surface area contributed by atoms with E-state index in [2.05, 4.69) is 15.9 Å². The van der Waals surface area contributed by atoms with Crippen LogP contribution >= 0.6 is 15.9 Å². The summed E-state index contributed by atoms with van der Waals surface area (Å²) in [4.78, 5) is 25.5. The molecule has 1 fully saturated rings. The molecule has 1 aliphatic heterocycles. The summed E-state index contributed by atoms with van der Waals surface area (Å²) < 4.78 is 0.961. The van der Waals surface area contributed by atoms with Gasteiger partial charge in [0.05, 0.1) is 6.42 Å².